The predicted molar refractivity (Wildman–Crippen MR) is 292 cm³/mol. The summed E-state index contributed by atoms with van der Waals surface area (Å²) in [6.07, 6.45) is 70.2. The van der Waals surface area contributed by atoms with Crippen LogP contribution in [0.2, 0.25) is 0 Å². The Balaban J connectivity index is 3.49. The Morgan fingerprint density at radius 3 is 1.16 bits per heavy atom. The van der Waals surface area contributed by atoms with Gasteiger partial charge in [0.25, 0.3) is 0 Å². The molecule has 0 aliphatic carbocycles. The molecule has 0 aromatic rings. The SMILES string of the molecule is CCCCC/C=C\C/C=C\CCCCCCCCCC(=O)OCCCCCCCCCCCCCCC(=O)NC(CO)C(O)/C=C/CCCCCCCCCCCCCCCCCCCCC. The Kier molecular flexibility index (Phi) is 55.0. The first-order valence-corrected chi connectivity index (χ1v) is 29.8. The van der Waals surface area contributed by atoms with Crippen LogP contribution < -0.4 is 5.32 Å². The van der Waals surface area contributed by atoms with Crippen LogP contribution in [0.25, 0.3) is 0 Å². The number of nitrogens with one attached hydrogen (secondary N) is 1. The largest absolute Gasteiger partial charge is 0.466 e. The van der Waals surface area contributed by atoms with Crippen molar-refractivity contribution in [2.45, 2.75) is 328 Å². The number of rotatable bonds is 55. The summed E-state index contributed by atoms with van der Waals surface area (Å²) in [6.45, 7) is 4.86. The van der Waals surface area contributed by atoms with Crippen LogP contribution in [-0.2, 0) is 14.3 Å². The second-order valence-corrected chi connectivity index (χ2v) is 20.3. The molecule has 394 valence electrons. The van der Waals surface area contributed by atoms with Gasteiger partial charge in [0.15, 0.2) is 0 Å². The van der Waals surface area contributed by atoms with E-state index in [-0.39, 0.29) is 18.5 Å². The highest BCUT2D eigenvalue weighted by Crippen LogP contribution is 2.17. The number of ether oxygens (including phenoxy) is 1. The third kappa shape index (κ3) is 53.3. The number of esters is 1. The first-order chi connectivity index (χ1) is 33.0. The number of hydrogen-bond donors (Lipinski definition) is 3. The average Bonchev–Trinajstić information content (AvgIpc) is 3.33. The lowest BCUT2D eigenvalue weighted by molar-refractivity contribution is -0.143. The van der Waals surface area contributed by atoms with E-state index in [1.165, 1.54) is 225 Å². The van der Waals surface area contributed by atoms with Gasteiger partial charge in [-0.05, 0) is 64.2 Å². The Morgan fingerprint density at radius 1 is 0.418 bits per heavy atom. The van der Waals surface area contributed by atoms with E-state index in [4.69, 9.17) is 4.74 Å². The molecule has 0 heterocycles. The predicted octanol–water partition coefficient (Wildman–Crippen LogP) is 18.4. The van der Waals surface area contributed by atoms with Gasteiger partial charge in [0.05, 0.1) is 25.4 Å². The molecule has 2 unspecified atom stereocenters. The molecule has 0 aliphatic rings. The lowest BCUT2D eigenvalue weighted by Crippen LogP contribution is -2.45. The van der Waals surface area contributed by atoms with E-state index in [9.17, 15) is 19.8 Å². The molecule has 0 saturated carbocycles. The van der Waals surface area contributed by atoms with E-state index in [2.05, 4.69) is 43.5 Å². The molecule has 0 saturated heterocycles. The Bertz CT molecular complexity index is 1090. The Labute approximate surface area is 417 Å². The van der Waals surface area contributed by atoms with E-state index in [0.29, 0.717) is 19.4 Å². The summed E-state index contributed by atoms with van der Waals surface area (Å²) in [5, 5.41) is 23.2. The minimum Gasteiger partial charge on any atom is -0.466 e. The number of allylic oxidation sites excluding steroid dienone is 5. The smallest absolute Gasteiger partial charge is 0.305 e. The maximum absolute atomic E-state index is 12.5. The topological polar surface area (TPSA) is 95.9 Å². The van der Waals surface area contributed by atoms with Crippen LogP contribution >= 0.6 is 0 Å². The number of aliphatic hydroxyl groups excluding tert-OH is 2. The number of unbranched alkanes of at least 4 members (excludes halogenated alkanes) is 40. The lowest BCUT2D eigenvalue weighted by atomic mass is 10.0. The van der Waals surface area contributed by atoms with Gasteiger partial charge in [-0.15, -0.1) is 0 Å². The molecule has 0 aliphatic heterocycles. The van der Waals surface area contributed by atoms with Crippen LogP contribution in [0.3, 0.4) is 0 Å². The second-order valence-electron chi connectivity index (χ2n) is 20.3. The molecular weight excluding hydrogens is 827 g/mol. The molecule has 0 spiro atoms. The fourth-order valence-electron chi connectivity index (χ4n) is 9.08. The van der Waals surface area contributed by atoms with Gasteiger partial charge in [-0.2, -0.15) is 0 Å². The first kappa shape index (κ1) is 65.1. The normalized spacial score (nSPS) is 12.8. The molecule has 1 amide bonds. The quantitative estimate of drug-likeness (QED) is 0.0321. The summed E-state index contributed by atoms with van der Waals surface area (Å²) in [5.41, 5.74) is 0. The van der Waals surface area contributed by atoms with Crippen molar-refractivity contribution in [1.29, 1.82) is 0 Å². The van der Waals surface area contributed by atoms with Gasteiger partial charge in [-0.3, -0.25) is 9.59 Å². The molecule has 3 N–H and O–H groups in total. The molecule has 6 heteroatoms. The highest BCUT2D eigenvalue weighted by Gasteiger charge is 2.18. The summed E-state index contributed by atoms with van der Waals surface area (Å²) >= 11 is 0. The molecule has 0 aromatic carbocycles. The minimum absolute atomic E-state index is 0.0182. The number of amides is 1. The summed E-state index contributed by atoms with van der Waals surface area (Å²) in [7, 11) is 0. The molecule has 0 fully saturated rings. The third-order valence-electron chi connectivity index (χ3n) is 13.7. The number of carbonyl (C=O) groups excluding carboxylic acids is 2. The van der Waals surface area contributed by atoms with Gasteiger partial charge >= 0.3 is 5.97 Å². The van der Waals surface area contributed by atoms with Gasteiger partial charge < -0.3 is 20.3 Å². The van der Waals surface area contributed by atoms with Crippen LogP contribution in [0.4, 0.5) is 0 Å². The van der Waals surface area contributed by atoms with Crippen molar-refractivity contribution in [3.8, 4) is 0 Å². The number of carbonyl (C=O) groups is 2. The number of aliphatic hydroxyl groups is 2. The first-order valence-electron chi connectivity index (χ1n) is 29.8. The molecule has 0 radical (unpaired) electrons. The molecule has 6 nitrogen and oxygen atoms in total. The van der Waals surface area contributed by atoms with E-state index in [1.54, 1.807) is 6.08 Å². The zero-order valence-electron chi connectivity index (χ0n) is 44.9. The van der Waals surface area contributed by atoms with Crippen molar-refractivity contribution in [3.63, 3.8) is 0 Å². The fraction of sp³-hybridized carbons (Fsp3) is 0.869. The summed E-state index contributed by atoms with van der Waals surface area (Å²) in [5.74, 6) is -0.100. The summed E-state index contributed by atoms with van der Waals surface area (Å²) < 4.78 is 5.47. The van der Waals surface area contributed by atoms with Crippen molar-refractivity contribution < 1.29 is 24.5 Å². The van der Waals surface area contributed by atoms with Crippen LogP contribution in [0.15, 0.2) is 36.5 Å². The maximum Gasteiger partial charge on any atom is 0.305 e. The van der Waals surface area contributed by atoms with Gasteiger partial charge in [-0.25, -0.2) is 0 Å². The van der Waals surface area contributed by atoms with E-state index in [0.717, 1.165) is 64.2 Å². The Hall–Kier alpha value is -1.92. The standard InChI is InChI=1S/C61H115NO5/c1-3-5-7-9-11-13-15-17-19-21-22-23-24-26-27-29-33-37-41-45-49-53-59(64)58(57-63)62-60(65)54-50-46-42-38-34-31-32-36-40-44-48-52-56-67-61(66)55-51-47-43-39-35-30-28-25-20-18-16-14-12-10-8-6-4-2/h12,14,18,20,49,53,58-59,63-64H,3-11,13,15-17,19,21-48,50-52,54-57H2,1-2H3,(H,62,65)/b14-12-,20-18-,53-49+. The van der Waals surface area contributed by atoms with Crippen LogP contribution in [0.1, 0.15) is 316 Å². The van der Waals surface area contributed by atoms with Crippen LogP contribution in [0.5, 0.6) is 0 Å². The van der Waals surface area contributed by atoms with E-state index < -0.39 is 12.1 Å². The van der Waals surface area contributed by atoms with Crippen LogP contribution in [0, 0.1) is 0 Å². The summed E-state index contributed by atoms with van der Waals surface area (Å²) in [6, 6.07) is -0.641. The fourth-order valence-corrected chi connectivity index (χ4v) is 9.08. The zero-order valence-corrected chi connectivity index (χ0v) is 44.9. The highest BCUT2D eigenvalue weighted by molar-refractivity contribution is 5.76. The molecule has 0 aromatic heterocycles. The number of hydrogen-bond acceptors (Lipinski definition) is 5. The monoisotopic (exact) mass is 942 g/mol. The van der Waals surface area contributed by atoms with Gasteiger partial charge in [0.2, 0.25) is 5.91 Å². The molecule has 67 heavy (non-hydrogen) atoms. The maximum atomic E-state index is 12.5. The zero-order chi connectivity index (χ0) is 48.6. The van der Waals surface area contributed by atoms with Gasteiger partial charge in [0.1, 0.15) is 0 Å². The van der Waals surface area contributed by atoms with Crippen molar-refractivity contribution in [1.82, 2.24) is 5.32 Å². The molecule has 0 rings (SSSR count). The Morgan fingerprint density at radius 2 is 0.746 bits per heavy atom. The van der Waals surface area contributed by atoms with E-state index >= 15 is 0 Å². The van der Waals surface area contributed by atoms with Crippen molar-refractivity contribution in [2.75, 3.05) is 13.2 Å². The third-order valence-corrected chi connectivity index (χ3v) is 13.7. The highest BCUT2D eigenvalue weighted by atomic mass is 16.5. The van der Waals surface area contributed by atoms with Crippen LogP contribution in [-0.4, -0.2) is 47.4 Å². The molecule has 0 bridgehead atoms. The van der Waals surface area contributed by atoms with Crippen molar-refractivity contribution >= 4 is 11.9 Å². The minimum atomic E-state index is -0.857. The van der Waals surface area contributed by atoms with Gasteiger partial charge in [-0.1, -0.05) is 275 Å². The van der Waals surface area contributed by atoms with Crippen molar-refractivity contribution in [3.05, 3.63) is 36.5 Å². The summed E-state index contributed by atoms with van der Waals surface area (Å²) in [4.78, 5) is 24.6. The van der Waals surface area contributed by atoms with Crippen molar-refractivity contribution in [2.24, 2.45) is 0 Å². The average molecular weight is 943 g/mol. The second kappa shape index (κ2) is 56.7. The van der Waals surface area contributed by atoms with E-state index in [1.807, 2.05) is 6.08 Å². The molecule has 2 atom stereocenters. The lowest BCUT2D eigenvalue weighted by Gasteiger charge is -2.20. The van der Waals surface area contributed by atoms with Gasteiger partial charge in [0, 0.05) is 12.8 Å². The molecular formula is C61H115NO5.